The van der Waals surface area contributed by atoms with Gasteiger partial charge in [0.15, 0.2) is 0 Å². The summed E-state index contributed by atoms with van der Waals surface area (Å²) in [6.07, 6.45) is 0. The van der Waals surface area contributed by atoms with Crippen LogP contribution in [0.5, 0.6) is 0 Å². The first-order valence-corrected chi connectivity index (χ1v) is 3.53. The molecule has 0 spiro atoms. The van der Waals surface area contributed by atoms with Gasteiger partial charge in [-0.2, -0.15) is 0 Å². The molecule has 1 heterocycles. The first-order chi connectivity index (χ1) is 5.09. The highest BCUT2D eigenvalue weighted by Crippen LogP contribution is 2.11. The highest BCUT2D eigenvalue weighted by molar-refractivity contribution is 6.28. The molecule has 0 aliphatic carbocycles. The predicted molar refractivity (Wildman–Crippen MR) is 44.1 cm³/mol. The number of nitrogen functional groups attached to an aromatic ring is 1. The largest absolute Gasteiger partial charge is 0.384 e. The lowest BCUT2D eigenvalue weighted by atomic mass is 10.2. The molecule has 1 aromatic rings. The van der Waals surface area contributed by atoms with Gasteiger partial charge in [-0.3, -0.25) is 0 Å². The number of anilines is 1. The molecule has 0 aliphatic heterocycles. The molecule has 0 bridgehead atoms. The second kappa shape index (κ2) is 3.02. The van der Waals surface area contributed by atoms with Gasteiger partial charge < -0.3 is 11.5 Å². The summed E-state index contributed by atoms with van der Waals surface area (Å²) in [5, 5.41) is 0.136. The van der Waals surface area contributed by atoms with E-state index < -0.39 is 0 Å². The number of nitrogens with two attached hydrogens (primary N) is 2. The molecule has 0 fully saturated rings. The van der Waals surface area contributed by atoms with Crippen LogP contribution in [0, 0.1) is 0 Å². The fourth-order valence-corrected chi connectivity index (χ4v) is 0.883. The molecule has 1 aromatic heterocycles. The monoisotopic (exact) mass is 172 g/mol. The summed E-state index contributed by atoms with van der Waals surface area (Å²) in [5.74, 6) is 0.345. The second-order valence-corrected chi connectivity index (χ2v) is 2.61. The van der Waals surface area contributed by atoms with Gasteiger partial charge in [-0.1, -0.05) is 0 Å². The Labute approximate surface area is 69.6 Å². The molecule has 0 aliphatic rings. The van der Waals surface area contributed by atoms with Gasteiger partial charge in [0, 0.05) is 12.1 Å². The Hall–Kier alpha value is -0.870. The van der Waals surface area contributed by atoms with Crippen molar-refractivity contribution in [1.29, 1.82) is 0 Å². The van der Waals surface area contributed by atoms with Crippen LogP contribution in [-0.4, -0.2) is 9.97 Å². The van der Waals surface area contributed by atoms with Crippen molar-refractivity contribution < 1.29 is 0 Å². The molecule has 0 saturated heterocycles. The molecule has 60 valence electrons. The highest BCUT2D eigenvalue weighted by atomic mass is 35.5. The molecular weight excluding hydrogens is 164 g/mol. The summed E-state index contributed by atoms with van der Waals surface area (Å²) >= 11 is 5.54. The average Bonchev–Trinajstić information content (AvgIpc) is 1.85. The van der Waals surface area contributed by atoms with Gasteiger partial charge in [-0.05, 0) is 18.5 Å². The molecule has 1 atom stereocenters. The fourth-order valence-electron chi connectivity index (χ4n) is 0.687. The number of hydrogen-bond donors (Lipinski definition) is 2. The first kappa shape index (κ1) is 8.23. The van der Waals surface area contributed by atoms with E-state index >= 15 is 0 Å². The lowest BCUT2D eigenvalue weighted by Gasteiger charge is -2.04. The number of nitrogens with zero attached hydrogens (tertiary/aromatic N) is 2. The van der Waals surface area contributed by atoms with Crippen LogP contribution in [0.15, 0.2) is 6.07 Å². The molecule has 4 N–H and O–H groups in total. The van der Waals surface area contributed by atoms with Gasteiger partial charge >= 0.3 is 0 Å². The van der Waals surface area contributed by atoms with E-state index in [1.54, 1.807) is 13.0 Å². The highest BCUT2D eigenvalue weighted by Gasteiger charge is 2.03. The van der Waals surface area contributed by atoms with Gasteiger partial charge in [0.2, 0.25) is 5.28 Å². The van der Waals surface area contributed by atoms with Gasteiger partial charge in [0.25, 0.3) is 0 Å². The standard InChI is InChI=1S/C6H9ClN4/c1-3(8)4-2-5(9)11-6(7)10-4/h2-3H,8H2,1H3,(H2,9,10,11). The molecule has 5 heteroatoms. The van der Waals surface area contributed by atoms with Crippen LogP contribution in [0.4, 0.5) is 5.82 Å². The van der Waals surface area contributed by atoms with E-state index in [2.05, 4.69) is 9.97 Å². The van der Waals surface area contributed by atoms with E-state index in [9.17, 15) is 0 Å². The third-order valence-electron chi connectivity index (χ3n) is 1.21. The van der Waals surface area contributed by atoms with Crippen molar-refractivity contribution in [3.05, 3.63) is 17.0 Å². The zero-order valence-electron chi connectivity index (χ0n) is 6.08. The number of halogens is 1. The topological polar surface area (TPSA) is 77.8 Å². The quantitative estimate of drug-likeness (QED) is 0.613. The fraction of sp³-hybridized carbons (Fsp3) is 0.333. The van der Waals surface area contributed by atoms with Crippen LogP contribution in [0.1, 0.15) is 18.7 Å². The van der Waals surface area contributed by atoms with Gasteiger partial charge in [0.05, 0.1) is 5.69 Å². The number of aromatic nitrogens is 2. The van der Waals surface area contributed by atoms with Gasteiger partial charge in [-0.15, -0.1) is 0 Å². The molecule has 4 nitrogen and oxygen atoms in total. The molecule has 1 rings (SSSR count). The van der Waals surface area contributed by atoms with E-state index in [1.165, 1.54) is 0 Å². The first-order valence-electron chi connectivity index (χ1n) is 3.15. The maximum absolute atomic E-state index is 5.55. The zero-order chi connectivity index (χ0) is 8.43. The summed E-state index contributed by atoms with van der Waals surface area (Å²) in [6.45, 7) is 1.80. The summed E-state index contributed by atoms with van der Waals surface area (Å²) < 4.78 is 0. The van der Waals surface area contributed by atoms with Crippen LogP contribution in [-0.2, 0) is 0 Å². The van der Waals surface area contributed by atoms with Crippen LogP contribution < -0.4 is 11.5 Å². The number of hydrogen-bond acceptors (Lipinski definition) is 4. The zero-order valence-corrected chi connectivity index (χ0v) is 6.84. The normalized spacial score (nSPS) is 13.0. The lowest BCUT2D eigenvalue weighted by molar-refractivity contribution is 0.776. The maximum atomic E-state index is 5.55. The summed E-state index contributed by atoms with van der Waals surface area (Å²) in [7, 11) is 0. The van der Waals surface area contributed by atoms with Gasteiger partial charge in [-0.25, -0.2) is 9.97 Å². The Morgan fingerprint density at radius 1 is 1.55 bits per heavy atom. The Balaban J connectivity index is 3.08. The molecule has 0 amide bonds. The third kappa shape index (κ3) is 2.03. The molecule has 1 unspecified atom stereocenters. The lowest BCUT2D eigenvalue weighted by Crippen LogP contribution is -2.09. The SMILES string of the molecule is CC(N)c1cc(N)nc(Cl)n1. The van der Waals surface area contributed by atoms with Crippen LogP contribution >= 0.6 is 11.6 Å². The number of rotatable bonds is 1. The van der Waals surface area contributed by atoms with Gasteiger partial charge in [0.1, 0.15) is 5.82 Å². The van der Waals surface area contributed by atoms with Crippen LogP contribution in [0.2, 0.25) is 5.28 Å². The van der Waals surface area contributed by atoms with E-state index in [1.807, 2.05) is 0 Å². The van der Waals surface area contributed by atoms with E-state index in [0.29, 0.717) is 11.5 Å². The van der Waals surface area contributed by atoms with Crippen molar-refractivity contribution in [3.8, 4) is 0 Å². The Kier molecular flexibility index (Phi) is 2.26. The van der Waals surface area contributed by atoms with Crippen molar-refractivity contribution in [1.82, 2.24) is 9.97 Å². The van der Waals surface area contributed by atoms with Crippen molar-refractivity contribution in [2.24, 2.45) is 5.73 Å². The molecular formula is C6H9ClN4. The van der Waals surface area contributed by atoms with Crippen molar-refractivity contribution >= 4 is 17.4 Å². The molecule has 0 saturated carbocycles. The Morgan fingerprint density at radius 3 is 2.64 bits per heavy atom. The van der Waals surface area contributed by atoms with Crippen LogP contribution in [0.25, 0.3) is 0 Å². The minimum absolute atomic E-state index is 0.136. The van der Waals surface area contributed by atoms with E-state index in [-0.39, 0.29) is 11.3 Å². The summed E-state index contributed by atoms with van der Waals surface area (Å²) in [6, 6.07) is 1.44. The average molecular weight is 173 g/mol. The Bertz CT molecular complexity index is 241. The molecule has 0 radical (unpaired) electrons. The molecule has 0 aromatic carbocycles. The third-order valence-corrected chi connectivity index (χ3v) is 1.37. The molecule has 11 heavy (non-hydrogen) atoms. The second-order valence-electron chi connectivity index (χ2n) is 2.28. The summed E-state index contributed by atoms with van der Waals surface area (Å²) in [5.41, 5.74) is 11.6. The minimum Gasteiger partial charge on any atom is -0.384 e. The maximum Gasteiger partial charge on any atom is 0.224 e. The van der Waals surface area contributed by atoms with Crippen molar-refractivity contribution in [2.75, 3.05) is 5.73 Å². The van der Waals surface area contributed by atoms with Crippen molar-refractivity contribution in [2.45, 2.75) is 13.0 Å². The van der Waals surface area contributed by atoms with E-state index in [0.717, 1.165) is 0 Å². The van der Waals surface area contributed by atoms with E-state index in [4.69, 9.17) is 23.1 Å². The Morgan fingerprint density at radius 2 is 2.18 bits per heavy atom. The minimum atomic E-state index is -0.169. The van der Waals surface area contributed by atoms with Crippen LogP contribution in [0.3, 0.4) is 0 Å². The smallest absolute Gasteiger partial charge is 0.224 e. The summed E-state index contributed by atoms with van der Waals surface area (Å²) in [4.78, 5) is 7.58. The van der Waals surface area contributed by atoms with Crippen molar-refractivity contribution in [3.63, 3.8) is 0 Å². The predicted octanol–water partition coefficient (Wildman–Crippen LogP) is 0.732.